The second kappa shape index (κ2) is 4.80. The molecule has 0 spiro atoms. The number of fused-ring (bicyclic) bond motifs is 1. The summed E-state index contributed by atoms with van der Waals surface area (Å²) in [7, 11) is -3.42. The standard InChI is InChI=1S/C14H19BrN2O2S/c1-14(2)13-8-16-7-10(13)9-17(14)20(18,19)12-5-3-11(15)4-6-12/h3-6,10,13,16H,7-9H2,1-2H3. The molecule has 20 heavy (non-hydrogen) atoms. The lowest BCUT2D eigenvalue weighted by Gasteiger charge is -2.34. The maximum Gasteiger partial charge on any atom is 0.243 e. The van der Waals surface area contributed by atoms with Crippen molar-refractivity contribution < 1.29 is 8.42 Å². The first-order valence-electron chi connectivity index (χ1n) is 6.82. The van der Waals surface area contributed by atoms with Crippen LogP contribution in [0.2, 0.25) is 0 Å². The fourth-order valence-electron chi connectivity index (χ4n) is 3.53. The molecule has 2 unspecified atom stereocenters. The monoisotopic (exact) mass is 358 g/mol. The van der Waals surface area contributed by atoms with Gasteiger partial charge in [-0.1, -0.05) is 15.9 Å². The van der Waals surface area contributed by atoms with Crippen LogP contribution in [-0.4, -0.2) is 37.9 Å². The molecule has 4 nitrogen and oxygen atoms in total. The average Bonchev–Trinajstić information content (AvgIpc) is 2.93. The summed E-state index contributed by atoms with van der Waals surface area (Å²) in [5.41, 5.74) is -0.333. The molecule has 2 fully saturated rings. The fraction of sp³-hybridized carbons (Fsp3) is 0.571. The highest BCUT2D eigenvalue weighted by Crippen LogP contribution is 2.43. The highest BCUT2D eigenvalue weighted by Gasteiger charge is 2.53. The molecule has 2 saturated heterocycles. The van der Waals surface area contributed by atoms with Crippen molar-refractivity contribution in [1.82, 2.24) is 9.62 Å². The molecular weight excluding hydrogens is 340 g/mol. The first-order valence-corrected chi connectivity index (χ1v) is 9.06. The molecule has 0 radical (unpaired) electrons. The summed E-state index contributed by atoms with van der Waals surface area (Å²) in [6, 6.07) is 6.89. The topological polar surface area (TPSA) is 49.4 Å². The summed E-state index contributed by atoms with van der Waals surface area (Å²) in [6.45, 7) is 6.52. The number of nitrogens with one attached hydrogen (secondary N) is 1. The number of hydrogen-bond donors (Lipinski definition) is 1. The lowest BCUT2D eigenvalue weighted by molar-refractivity contribution is 0.233. The van der Waals surface area contributed by atoms with Gasteiger partial charge < -0.3 is 5.32 Å². The van der Waals surface area contributed by atoms with Crippen LogP contribution < -0.4 is 5.32 Å². The molecule has 0 aliphatic carbocycles. The second-order valence-electron chi connectivity index (χ2n) is 6.17. The van der Waals surface area contributed by atoms with Crippen molar-refractivity contribution >= 4 is 26.0 Å². The molecule has 6 heteroatoms. The van der Waals surface area contributed by atoms with E-state index in [1.54, 1.807) is 28.6 Å². The van der Waals surface area contributed by atoms with E-state index in [0.29, 0.717) is 23.3 Å². The molecule has 1 N–H and O–H groups in total. The second-order valence-corrected chi connectivity index (χ2v) is 8.95. The van der Waals surface area contributed by atoms with E-state index in [1.807, 2.05) is 13.8 Å². The minimum atomic E-state index is -3.42. The van der Waals surface area contributed by atoms with Crippen LogP contribution in [0.3, 0.4) is 0 Å². The number of rotatable bonds is 2. The van der Waals surface area contributed by atoms with Gasteiger partial charge in [-0.05, 0) is 56.5 Å². The molecule has 110 valence electrons. The van der Waals surface area contributed by atoms with E-state index < -0.39 is 10.0 Å². The summed E-state index contributed by atoms with van der Waals surface area (Å²) < 4.78 is 28.3. The predicted octanol–water partition coefficient (Wildman–Crippen LogP) is 2.07. The number of nitrogens with zero attached hydrogens (tertiary/aromatic N) is 1. The molecule has 3 rings (SSSR count). The van der Waals surface area contributed by atoms with Crippen molar-refractivity contribution in [1.29, 1.82) is 0 Å². The average molecular weight is 359 g/mol. The summed E-state index contributed by atoms with van der Waals surface area (Å²) in [6.07, 6.45) is 0. The molecular formula is C14H19BrN2O2S. The lowest BCUT2D eigenvalue weighted by Crippen LogP contribution is -2.47. The third-order valence-electron chi connectivity index (χ3n) is 4.69. The van der Waals surface area contributed by atoms with Crippen molar-refractivity contribution in [2.45, 2.75) is 24.3 Å². The molecule has 0 saturated carbocycles. The largest absolute Gasteiger partial charge is 0.316 e. The van der Waals surface area contributed by atoms with Gasteiger partial charge in [-0.15, -0.1) is 0 Å². The number of hydrogen-bond acceptors (Lipinski definition) is 3. The van der Waals surface area contributed by atoms with E-state index in [4.69, 9.17) is 0 Å². The van der Waals surface area contributed by atoms with Crippen molar-refractivity contribution in [3.05, 3.63) is 28.7 Å². The Morgan fingerprint density at radius 3 is 2.50 bits per heavy atom. The van der Waals surface area contributed by atoms with Crippen LogP contribution in [0.4, 0.5) is 0 Å². The minimum Gasteiger partial charge on any atom is -0.316 e. The maximum absolute atomic E-state index is 12.9. The van der Waals surface area contributed by atoms with Crippen molar-refractivity contribution in [2.24, 2.45) is 11.8 Å². The van der Waals surface area contributed by atoms with E-state index in [0.717, 1.165) is 17.6 Å². The van der Waals surface area contributed by atoms with Gasteiger partial charge in [-0.3, -0.25) is 0 Å². The van der Waals surface area contributed by atoms with Crippen LogP contribution >= 0.6 is 15.9 Å². The molecule has 2 atom stereocenters. The Morgan fingerprint density at radius 1 is 1.25 bits per heavy atom. The van der Waals surface area contributed by atoms with Gasteiger partial charge in [-0.2, -0.15) is 4.31 Å². The zero-order chi connectivity index (χ0) is 14.5. The van der Waals surface area contributed by atoms with Gasteiger partial charge in [0.1, 0.15) is 0 Å². The molecule has 1 aromatic carbocycles. The molecule has 2 aliphatic heterocycles. The van der Waals surface area contributed by atoms with Gasteiger partial charge in [0.2, 0.25) is 10.0 Å². The first-order chi connectivity index (χ1) is 9.33. The van der Waals surface area contributed by atoms with Crippen LogP contribution in [0.5, 0.6) is 0 Å². The summed E-state index contributed by atoms with van der Waals surface area (Å²) in [5, 5.41) is 3.37. The Labute approximate surface area is 128 Å². The van der Waals surface area contributed by atoms with E-state index in [2.05, 4.69) is 21.2 Å². The zero-order valence-electron chi connectivity index (χ0n) is 11.6. The Balaban J connectivity index is 1.98. The Morgan fingerprint density at radius 2 is 1.90 bits per heavy atom. The number of sulfonamides is 1. The minimum absolute atomic E-state index is 0.333. The highest BCUT2D eigenvalue weighted by molar-refractivity contribution is 9.10. The summed E-state index contributed by atoms with van der Waals surface area (Å²) >= 11 is 3.34. The van der Waals surface area contributed by atoms with Gasteiger partial charge in [0.25, 0.3) is 0 Å². The predicted molar refractivity (Wildman–Crippen MR) is 82.0 cm³/mol. The van der Waals surface area contributed by atoms with Crippen molar-refractivity contribution in [3.8, 4) is 0 Å². The summed E-state index contributed by atoms with van der Waals surface area (Å²) in [4.78, 5) is 0.377. The van der Waals surface area contributed by atoms with Crippen LogP contribution in [-0.2, 0) is 10.0 Å². The SMILES string of the molecule is CC1(C)C2CNCC2CN1S(=O)(=O)c1ccc(Br)cc1. The fourth-order valence-corrected chi connectivity index (χ4v) is 5.67. The van der Waals surface area contributed by atoms with Crippen LogP contribution in [0.15, 0.2) is 33.6 Å². The van der Waals surface area contributed by atoms with E-state index in [1.165, 1.54) is 0 Å². The third kappa shape index (κ3) is 2.13. The molecule has 2 aliphatic rings. The van der Waals surface area contributed by atoms with Crippen LogP contribution in [0, 0.1) is 11.8 Å². The molecule has 0 aromatic heterocycles. The van der Waals surface area contributed by atoms with Gasteiger partial charge in [0.15, 0.2) is 0 Å². The quantitative estimate of drug-likeness (QED) is 0.880. The van der Waals surface area contributed by atoms with Gasteiger partial charge >= 0.3 is 0 Å². The van der Waals surface area contributed by atoms with Crippen LogP contribution in [0.25, 0.3) is 0 Å². The Kier molecular flexibility index (Phi) is 3.48. The normalized spacial score (nSPS) is 29.6. The molecule has 0 bridgehead atoms. The smallest absolute Gasteiger partial charge is 0.243 e. The lowest BCUT2D eigenvalue weighted by atomic mass is 9.85. The third-order valence-corrected chi connectivity index (χ3v) is 7.29. The molecule has 2 heterocycles. The van der Waals surface area contributed by atoms with E-state index >= 15 is 0 Å². The highest BCUT2D eigenvalue weighted by atomic mass is 79.9. The molecule has 1 aromatic rings. The Bertz CT molecular complexity index is 613. The van der Waals surface area contributed by atoms with Crippen LogP contribution in [0.1, 0.15) is 13.8 Å². The Hall–Kier alpha value is -0.430. The van der Waals surface area contributed by atoms with Gasteiger partial charge in [0.05, 0.1) is 4.90 Å². The summed E-state index contributed by atoms with van der Waals surface area (Å²) in [5.74, 6) is 0.822. The van der Waals surface area contributed by atoms with Gasteiger partial charge in [-0.25, -0.2) is 8.42 Å². The van der Waals surface area contributed by atoms with E-state index in [-0.39, 0.29) is 5.54 Å². The maximum atomic E-state index is 12.9. The van der Waals surface area contributed by atoms with E-state index in [9.17, 15) is 8.42 Å². The number of halogens is 1. The zero-order valence-corrected chi connectivity index (χ0v) is 14.0. The van der Waals surface area contributed by atoms with Crippen molar-refractivity contribution in [2.75, 3.05) is 19.6 Å². The van der Waals surface area contributed by atoms with Gasteiger partial charge in [0, 0.05) is 23.1 Å². The molecule has 0 amide bonds. The first kappa shape index (κ1) is 14.5. The van der Waals surface area contributed by atoms with Crippen molar-refractivity contribution in [3.63, 3.8) is 0 Å². The number of benzene rings is 1.